The number of carbonyl (C=O) groups is 1. The first-order valence-electron chi connectivity index (χ1n) is 5.69. The molecule has 1 amide bonds. The third kappa shape index (κ3) is 1.81. The van der Waals surface area contributed by atoms with Crippen molar-refractivity contribution in [2.24, 2.45) is 0 Å². The van der Waals surface area contributed by atoms with E-state index in [9.17, 15) is 9.90 Å². The molecule has 0 atom stereocenters. The fourth-order valence-corrected chi connectivity index (χ4v) is 2.06. The molecule has 1 aromatic heterocycles. The van der Waals surface area contributed by atoms with Crippen molar-refractivity contribution < 1.29 is 9.90 Å². The molecule has 18 heavy (non-hydrogen) atoms. The summed E-state index contributed by atoms with van der Waals surface area (Å²) in [5, 5.41) is 17.2. The molecule has 0 radical (unpaired) electrons. The Hall–Kier alpha value is -2.37. The number of phenols is 1. The van der Waals surface area contributed by atoms with Gasteiger partial charge >= 0.3 is 0 Å². The SMILES string of the molecule is O=C(c1cccc(O)c1)N1CCn2cnnc2C1. The van der Waals surface area contributed by atoms with Gasteiger partial charge in [-0.15, -0.1) is 10.2 Å². The molecule has 1 aliphatic rings. The van der Waals surface area contributed by atoms with Crippen molar-refractivity contribution in [3.8, 4) is 5.75 Å². The van der Waals surface area contributed by atoms with Crippen LogP contribution in [0.25, 0.3) is 0 Å². The number of benzene rings is 1. The van der Waals surface area contributed by atoms with E-state index in [0.29, 0.717) is 25.2 Å². The van der Waals surface area contributed by atoms with Gasteiger partial charge in [0.2, 0.25) is 0 Å². The van der Waals surface area contributed by atoms with E-state index in [2.05, 4.69) is 10.2 Å². The van der Waals surface area contributed by atoms with Crippen molar-refractivity contribution in [3.05, 3.63) is 42.0 Å². The van der Waals surface area contributed by atoms with Gasteiger partial charge in [-0.25, -0.2) is 0 Å². The fraction of sp³-hybridized carbons (Fsp3) is 0.250. The Kier molecular flexibility index (Phi) is 2.47. The summed E-state index contributed by atoms with van der Waals surface area (Å²) in [5.41, 5.74) is 0.489. The van der Waals surface area contributed by atoms with Crippen molar-refractivity contribution >= 4 is 5.91 Å². The molecule has 0 aliphatic carbocycles. The standard InChI is InChI=1S/C12H12N4O2/c17-10-3-1-2-9(6-10)12(18)15-4-5-16-8-13-14-11(16)7-15/h1-3,6,8,17H,4-5,7H2. The molecule has 1 aromatic carbocycles. The molecule has 0 bridgehead atoms. The lowest BCUT2D eigenvalue weighted by Gasteiger charge is -2.27. The average Bonchev–Trinajstić information content (AvgIpc) is 2.85. The summed E-state index contributed by atoms with van der Waals surface area (Å²) in [5.74, 6) is 0.788. The third-order valence-electron chi connectivity index (χ3n) is 3.02. The fourth-order valence-electron chi connectivity index (χ4n) is 2.06. The van der Waals surface area contributed by atoms with Crippen molar-refractivity contribution in [2.45, 2.75) is 13.1 Å². The maximum absolute atomic E-state index is 12.2. The highest BCUT2D eigenvalue weighted by atomic mass is 16.3. The quantitative estimate of drug-likeness (QED) is 0.799. The van der Waals surface area contributed by atoms with E-state index in [1.807, 2.05) is 4.57 Å². The second kappa shape index (κ2) is 4.14. The molecule has 0 saturated carbocycles. The lowest BCUT2D eigenvalue weighted by molar-refractivity contribution is 0.0707. The van der Waals surface area contributed by atoms with E-state index in [-0.39, 0.29) is 11.7 Å². The van der Waals surface area contributed by atoms with E-state index in [4.69, 9.17) is 0 Å². The molecule has 1 N–H and O–H groups in total. The van der Waals surface area contributed by atoms with Crippen LogP contribution in [0.3, 0.4) is 0 Å². The normalized spacial score (nSPS) is 14.3. The van der Waals surface area contributed by atoms with Gasteiger partial charge in [0.25, 0.3) is 5.91 Å². The second-order valence-electron chi connectivity index (χ2n) is 4.22. The summed E-state index contributed by atoms with van der Waals surface area (Å²) in [6.45, 7) is 1.78. The molecule has 0 unspecified atom stereocenters. The zero-order valence-electron chi connectivity index (χ0n) is 9.65. The Bertz CT molecular complexity index is 593. The molecule has 2 aromatic rings. The molecule has 0 spiro atoms. The Morgan fingerprint density at radius 2 is 2.22 bits per heavy atom. The van der Waals surface area contributed by atoms with Gasteiger partial charge in [-0.05, 0) is 18.2 Å². The summed E-state index contributed by atoms with van der Waals surface area (Å²) >= 11 is 0. The first-order valence-corrected chi connectivity index (χ1v) is 5.69. The summed E-state index contributed by atoms with van der Waals surface area (Å²) < 4.78 is 1.94. The number of hydrogen-bond donors (Lipinski definition) is 1. The number of aromatic hydroxyl groups is 1. The Morgan fingerprint density at radius 1 is 1.33 bits per heavy atom. The number of carbonyl (C=O) groups excluding carboxylic acids is 1. The molecule has 6 nitrogen and oxygen atoms in total. The molecule has 0 saturated heterocycles. The molecule has 2 heterocycles. The summed E-state index contributed by atoms with van der Waals surface area (Å²) in [4.78, 5) is 13.9. The zero-order chi connectivity index (χ0) is 12.5. The van der Waals surface area contributed by atoms with Crippen LogP contribution in [0.15, 0.2) is 30.6 Å². The lowest BCUT2D eigenvalue weighted by Crippen LogP contribution is -2.38. The predicted molar refractivity (Wildman–Crippen MR) is 62.9 cm³/mol. The highest BCUT2D eigenvalue weighted by molar-refractivity contribution is 5.94. The molecule has 92 valence electrons. The number of phenolic OH excluding ortho intramolecular Hbond substituents is 1. The van der Waals surface area contributed by atoms with Crippen LogP contribution in [-0.2, 0) is 13.1 Å². The van der Waals surface area contributed by atoms with Gasteiger partial charge in [0.1, 0.15) is 12.1 Å². The van der Waals surface area contributed by atoms with Crippen LogP contribution in [0.5, 0.6) is 5.75 Å². The van der Waals surface area contributed by atoms with Crippen molar-refractivity contribution in [1.82, 2.24) is 19.7 Å². The van der Waals surface area contributed by atoms with Crippen LogP contribution in [0, 0.1) is 0 Å². The zero-order valence-corrected chi connectivity index (χ0v) is 9.65. The van der Waals surface area contributed by atoms with E-state index >= 15 is 0 Å². The van der Waals surface area contributed by atoms with Crippen LogP contribution in [0.4, 0.5) is 0 Å². The number of rotatable bonds is 1. The average molecular weight is 244 g/mol. The third-order valence-corrected chi connectivity index (χ3v) is 3.02. The smallest absolute Gasteiger partial charge is 0.254 e. The predicted octanol–water partition coefficient (Wildman–Crippen LogP) is 0.640. The van der Waals surface area contributed by atoms with Crippen LogP contribution >= 0.6 is 0 Å². The molecule has 0 fully saturated rings. The Labute approximate surface area is 103 Å². The largest absolute Gasteiger partial charge is 0.508 e. The van der Waals surface area contributed by atoms with Gasteiger partial charge < -0.3 is 14.6 Å². The minimum absolute atomic E-state index is 0.0971. The number of hydrogen-bond acceptors (Lipinski definition) is 4. The second-order valence-corrected chi connectivity index (χ2v) is 4.22. The van der Waals surface area contributed by atoms with Gasteiger partial charge in [0.05, 0.1) is 6.54 Å². The van der Waals surface area contributed by atoms with Gasteiger partial charge in [0.15, 0.2) is 5.82 Å². The van der Waals surface area contributed by atoms with Gasteiger partial charge in [-0.1, -0.05) is 6.07 Å². The number of amides is 1. The van der Waals surface area contributed by atoms with E-state index < -0.39 is 0 Å². The van der Waals surface area contributed by atoms with E-state index in [1.54, 1.807) is 29.4 Å². The molecule has 1 aliphatic heterocycles. The number of fused-ring (bicyclic) bond motifs is 1. The number of nitrogens with zero attached hydrogens (tertiary/aromatic N) is 4. The van der Waals surface area contributed by atoms with Crippen LogP contribution < -0.4 is 0 Å². The van der Waals surface area contributed by atoms with Gasteiger partial charge in [0, 0.05) is 18.7 Å². The first kappa shape index (κ1) is 10.8. The molecule has 3 rings (SSSR count). The van der Waals surface area contributed by atoms with Crippen LogP contribution in [0.1, 0.15) is 16.2 Å². The topological polar surface area (TPSA) is 71.2 Å². The first-order chi connectivity index (χ1) is 8.74. The van der Waals surface area contributed by atoms with Crippen molar-refractivity contribution in [1.29, 1.82) is 0 Å². The van der Waals surface area contributed by atoms with Crippen LogP contribution in [0.2, 0.25) is 0 Å². The summed E-state index contributed by atoms with van der Waals surface area (Å²) in [6, 6.07) is 6.38. The molecule has 6 heteroatoms. The molecular weight excluding hydrogens is 232 g/mol. The monoisotopic (exact) mass is 244 g/mol. The highest BCUT2D eigenvalue weighted by Gasteiger charge is 2.22. The van der Waals surface area contributed by atoms with Crippen molar-refractivity contribution in [3.63, 3.8) is 0 Å². The van der Waals surface area contributed by atoms with E-state index in [1.165, 1.54) is 6.07 Å². The Balaban J connectivity index is 1.83. The minimum Gasteiger partial charge on any atom is -0.508 e. The van der Waals surface area contributed by atoms with E-state index in [0.717, 1.165) is 5.82 Å². The maximum atomic E-state index is 12.2. The summed E-state index contributed by atoms with van der Waals surface area (Å²) in [6.07, 6.45) is 1.67. The molecular formula is C12H12N4O2. The van der Waals surface area contributed by atoms with Crippen molar-refractivity contribution in [2.75, 3.05) is 6.54 Å². The van der Waals surface area contributed by atoms with Gasteiger partial charge in [-0.2, -0.15) is 0 Å². The van der Waals surface area contributed by atoms with Crippen LogP contribution in [-0.4, -0.2) is 37.2 Å². The Morgan fingerprint density at radius 3 is 3.06 bits per heavy atom. The highest BCUT2D eigenvalue weighted by Crippen LogP contribution is 2.16. The minimum atomic E-state index is -0.0971. The van der Waals surface area contributed by atoms with Gasteiger partial charge in [-0.3, -0.25) is 4.79 Å². The summed E-state index contributed by atoms with van der Waals surface area (Å²) in [7, 11) is 0. The number of aromatic nitrogens is 3. The lowest BCUT2D eigenvalue weighted by atomic mass is 10.2. The maximum Gasteiger partial charge on any atom is 0.254 e.